The summed E-state index contributed by atoms with van der Waals surface area (Å²) in [5, 5.41) is 10.6. The number of aryl methyl sites for hydroxylation is 1. The topological polar surface area (TPSA) is 72.9 Å². The third kappa shape index (κ3) is 7.17. The van der Waals surface area contributed by atoms with Crippen LogP contribution in [0.3, 0.4) is 0 Å². The van der Waals surface area contributed by atoms with Crippen LogP contribution in [0.2, 0.25) is 5.02 Å². The molecule has 0 radical (unpaired) electrons. The summed E-state index contributed by atoms with van der Waals surface area (Å²) in [6.45, 7) is 10.3. The van der Waals surface area contributed by atoms with Crippen LogP contribution in [0.25, 0.3) is 15.7 Å². The van der Waals surface area contributed by atoms with E-state index in [-0.39, 0.29) is 24.5 Å². The highest BCUT2D eigenvalue weighted by molar-refractivity contribution is 6.30. The fourth-order valence-electron chi connectivity index (χ4n) is 4.44. The summed E-state index contributed by atoms with van der Waals surface area (Å²) in [5.74, 6) is -1.23. The smallest absolute Gasteiger partial charge is 0.303 e. The van der Waals surface area contributed by atoms with E-state index >= 15 is 0 Å². The molecule has 184 valence electrons. The Balaban J connectivity index is 1.65. The van der Waals surface area contributed by atoms with E-state index in [0.29, 0.717) is 29.5 Å². The van der Waals surface area contributed by atoms with Crippen molar-refractivity contribution >= 4 is 39.9 Å². The van der Waals surface area contributed by atoms with Crippen molar-refractivity contribution < 1.29 is 19.4 Å². The van der Waals surface area contributed by atoms with Gasteiger partial charge >= 0.3 is 5.97 Å². The molecule has 0 unspecified atom stereocenters. The molecule has 6 nitrogen and oxygen atoms in total. The Morgan fingerprint density at radius 1 is 1.14 bits per heavy atom. The van der Waals surface area contributed by atoms with E-state index < -0.39 is 5.97 Å². The van der Waals surface area contributed by atoms with E-state index in [1.165, 1.54) is 0 Å². The number of aromatic nitrogens is 1. The molecule has 0 aliphatic carbocycles. The highest BCUT2D eigenvalue weighted by atomic mass is 35.5. The molecule has 0 aliphatic rings. The van der Waals surface area contributed by atoms with Crippen LogP contribution >= 0.6 is 11.6 Å². The maximum absolute atomic E-state index is 13.3. The zero-order valence-electron chi connectivity index (χ0n) is 20.2. The van der Waals surface area contributed by atoms with Crippen LogP contribution in [0.1, 0.15) is 60.6 Å². The number of nitrogens with zero attached hydrogens (tertiary/aromatic N) is 2. The number of ketones is 1. The third-order valence-corrected chi connectivity index (χ3v) is 6.36. The molecular weight excluding hydrogens is 464 g/mol. The first-order valence-corrected chi connectivity index (χ1v) is 12.2. The van der Waals surface area contributed by atoms with Gasteiger partial charge in [-0.3, -0.25) is 9.59 Å². The van der Waals surface area contributed by atoms with Crippen molar-refractivity contribution in [3.8, 4) is 0 Å². The van der Waals surface area contributed by atoms with Gasteiger partial charge in [0.15, 0.2) is 11.5 Å². The molecule has 3 rings (SSSR count). The van der Waals surface area contributed by atoms with Crippen LogP contribution in [0, 0.1) is 12.5 Å². The molecule has 2 aromatic carbocycles. The number of halogens is 1. The predicted molar refractivity (Wildman–Crippen MR) is 138 cm³/mol. The molecule has 1 heterocycles. The zero-order chi connectivity index (χ0) is 25.4. The number of aliphatic carboxylic acids is 1. The Kier molecular flexibility index (Phi) is 9.47. The molecule has 1 N–H and O–H groups in total. The quantitative estimate of drug-likeness (QED) is 0.158. The fraction of sp³-hybridized carbons (Fsp3) is 0.393. The first kappa shape index (κ1) is 26.5. The molecule has 0 spiro atoms. The number of carbonyl (C=O) groups excluding carboxylic acids is 1. The lowest BCUT2D eigenvalue weighted by molar-refractivity contribution is -0.137. The molecule has 0 saturated heterocycles. The maximum atomic E-state index is 13.3. The lowest BCUT2D eigenvalue weighted by Gasteiger charge is -2.11. The summed E-state index contributed by atoms with van der Waals surface area (Å²) in [6, 6.07) is 13.0. The van der Waals surface area contributed by atoms with Crippen LogP contribution in [0.5, 0.6) is 0 Å². The van der Waals surface area contributed by atoms with Crippen LogP contribution in [0.15, 0.2) is 42.5 Å². The summed E-state index contributed by atoms with van der Waals surface area (Å²) >= 11 is 6.01. The van der Waals surface area contributed by atoms with Crippen molar-refractivity contribution in [1.29, 1.82) is 0 Å². The van der Waals surface area contributed by atoms with Gasteiger partial charge in [-0.2, -0.15) is 0 Å². The van der Waals surface area contributed by atoms with E-state index in [9.17, 15) is 9.59 Å². The number of carbonyl (C=O) groups is 2. The second kappa shape index (κ2) is 12.5. The third-order valence-electron chi connectivity index (χ3n) is 6.13. The molecule has 7 heteroatoms. The molecule has 0 amide bonds. The number of ether oxygens (including phenoxy) is 1. The molecule has 0 aliphatic heterocycles. The Hall–Kier alpha value is -3.14. The van der Waals surface area contributed by atoms with Gasteiger partial charge < -0.3 is 14.4 Å². The molecule has 0 bridgehead atoms. The minimum atomic E-state index is -0.906. The van der Waals surface area contributed by atoms with Gasteiger partial charge in [0.1, 0.15) is 0 Å². The van der Waals surface area contributed by atoms with E-state index in [1.807, 2.05) is 41.9 Å². The van der Waals surface area contributed by atoms with E-state index in [1.54, 1.807) is 19.1 Å². The SMILES string of the molecule is [C-]#[N+]c1ccc2c(c1)c(C(=O)C[C@H](C)CC(=O)O)c(CCCCCOCc1cccc(Cl)c1)n2C. The van der Waals surface area contributed by atoms with Gasteiger partial charge in [-0.05, 0) is 55.0 Å². The normalized spacial score (nSPS) is 11.9. The number of hydrogen-bond acceptors (Lipinski definition) is 3. The number of benzene rings is 2. The van der Waals surface area contributed by atoms with Crippen LogP contribution in [0.4, 0.5) is 5.69 Å². The summed E-state index contributed by atoms with van der Waals surface area (Å²) in [7, 11) is 1.95. The lowest BCUT2D eigenvalue weighted by Crippen LogP contribution is -2.12. The molecular formula is C28H31ClN2O4. The zero-order valence-corrected chi connectivity index (χ0v) is 21.0. The number of rotatable bonds is 13. The highest BCUT2D eigenvalue weighted by Gasteiger charge is 2.23. The van der Waals surface area contributed by atoms with Crippen molar-refractivity contribution in [2.24, 2.45) is 13.0 Å². The molecule has 0 fully saturated rings. The Labute approximate surface area is 211 Å². The molecule has 1 aromatic heterocycles. The van der Waals surface area contributed by atoms with Crippen LogP contribution in [-0.4, -0.2) is 28.0 Å². The van der Waals surface area contributed by atoms with E-state index in [4.69, 9.17) is 28.0 Å². The summed E-state index contributed by atoms with van der Waals surface area (Å²) in [4.78, 5) is 27.9. The van der Waals surface area contributed by atoms with Gasteiger partial charge in [-0.25, -0.2) is 4.85 Å². The predicted octanol–water partition coefficient (Wildman–Crippen LogP) is 7.00. The Morgan fingerprint density at radius 2 is 1.94 bits per heavy atom. The maximum Gasteiger partial charge on any atom is 0.303 e. The number of Topliss-reactive ketones (excluding diaryl/α,β-unsaturated/α-hetero) is 1. The lowest BCUT2D eigenvalue weighted by atomic mass is 9.94. The van der Waals surface area contributed by atoms with Gasteiger partial charge in [0.05, 0.1) is 13.2 Å². The molecule has 0 saturated carbocycles. The van der Waals surface area contributed by atoms with Gasteiger partial charge in [-0.1, -0.05) is 43.1 Å². The molecule has 3 aromatic rings. The van der Waals surface area contributed by atoms with Crippen molar-refractivity contribution in [2.45, 2.75) is 52.1 Å². The van der Waals surface area contributed by atoms with Crippen molar-refractivity contribution in [3.05, 3.63) is 75.7 Å². The summed E-state index contributed by atoms with van der Waals surface area (Å²) in [6.07, 6.45) is 3.59. The monoisotopic (exact) mass is 494 g/mol. The van der Waals surface area contributed by atoms with Gasteiger partial charge in [0, 0.05) is 53.7 Å². The summed E-state index contributed by atoms with van der Waals surface area (Å²) < 4.78 is 7.80. The second-order valence-electron chi connectivity index (χ2n) is 9.02. The Morgan fingerprint density at radius 3 is 2.66 bits per heavy atom. The minimum absolute atomic E-state index is 0.0473. The standard InChI is InChI=1S/C28H31ClN2O4/c1-19(15-27(33)34)14-26(32)28-23-17-22(30-2)11-12-24(23)31(3)25(28)10-5-4-6-13-35-18-20-8-7-9-21(29)16-20/h7-9,11-12,16-17,19H,4-6,10,13-15,18H2,1,3H3,(H,33,34)/t19-/m0/s1. The van der Waals surface area contributed by atoms with Gasteiger partial charge in [0.25, 0.3) is 0 Å². The number of carboxylic acid groups (broad SMARTS) is 1. The average Bonchev–Trinajstić information content (AvgIpc) is 3.08. The van der Waals surface area contributed by atoms with Crippen molar-refractivity contribution in [1.82, 2.24) is 4.57 Å². The molecule has 1 atom stereocenters. The number of hydrogen-bond donors (Lipinski definition) is 1. The van der Waals surface area contributed by atoms with Crippen LogP contribution < -0.4 is 0 Å². The molecule has 35 heavy (non-hydrogen) atoms. The first-order chi connectivity index (χ1) is 16.8. The largest absolute Gasteiger partial charge is 0.481 e. The van der Waals surface area contributed by atoms with Crippen LogP contribution in [-0.2, 0) is 29.6 Å². The van der Waals surface area contributed by atoms with E-state index in [2.05, 4.69) is 4.85 Å². The minimum Gasteiger partial charge on any atom is -0.481 e. The van der Waals surface area contributed by atoms with E-state index in [0.717, 1.165) is 47.8 Å². The van der Waals surface area contributed by atoms with Crippen molar-refractivity contribution in [2.75, 3.05) is 6.61 Å². The summed E-state index contributed by atoms with van der Waals surface area (Å²) in [5.41, 5.74) is 4.01. The average molecular weight is 495 g/mol. The highest BCUT2D eigenvalue weighted by Crippen LogP contribution is 2.32. The number of fused-ring (bicyclic) bond motifs is 1. The van der Waals surface area contributed by atoms with Gasteiger partial charge in [-0.15, -0.1) is 0 Å². The Bertz CT molecular complexity index is 1240. The first-order valence-electron chi connectivity index (χ1n) is 11.9. The van der Waals surface area contributed by atoms with Gasteiger partial charge in [0.2, 0.25) is 0 Å². The number of carboxylic acids is 1. The fourth-order valence-corrected chi connectivity index (χ4v) is 4.65. The van der Waals surface area contributed by atoms with Crippen molar-refractivity contribution in [3.63, 3.8) is 0 Å². The second-order valence-corrected chi connectivity index (χ2v) is 9.45. The number of unbranched alkanes of at least 4 members (excludes halogenated alkanes) is 2.